The molecule has 90 valence electrons. The van der Waals surface area contributed by atoms with Crippen molar-refractivity contribution < 1.29 is 0 Å². The van der Waals surface area contributed by atoms with Gasteiger partial charge >= 0.3 is 0 Å². The fraction of sp³-hybridized carbons (Fsp3) is 0.538. The molecule has 0 amide bonds. The molecule has 0 aliphatic heterocycles. The topological polar surface area (TPSA) is 35.6 Å². The van der Waals surface area contributed by atoms with Crippen molar-refractivity contribution in [2.45, 2.75) is 45.2 Å². The van der Waals surface area contributed by atoms with Gasteiger partial charge in [0.15, 0.2) is 0 Å². The van der Waals surface area contributed by atoms with E-state index in [0.29, 0.717) is 6.04 Å². The monoisotopic (exact) mass is 230 g/mol. The maximum Gasteiger partial charge on any atom is 0.0852 e. The van der Waals surface area contributed by atoms with Crippen LogP contribution in [0, 0.1) is 6.92 Å². The highest BCUT2D eigenvalue weighted by Gasteiger charge is 2.17. The Hall–Kier alpha value is -1.58. The first-order chi connectivity index (χ1) is 8.33. The van der Waals surface area contributed by atoms with Crippen molar-refractivity contribution in [1.82, 2.24) is 19.6 Å². The van der Waals surface area contributed by atoms with E-state index in [4.69, 9.17) is 0 Å². The van der Waals surface area contributed by atoms with E-state index < -0.39 is 0 Å². The number of aromatic nitrogens is 4. The van der Waals surface area contributed by atoms with Crippen molar-refractivity contribution in [3.05, 3.63) is 35.9 Å². The van der Waals surface area contributed by atoms with Crippen molar-refractivity contribution in [3.8, 4) is 0 Å². The molecule has 0 atom stereocenters. The molecule has 2 aromatic heterocycles. The van der Waals surface area contributed by atoms with Crippen LogP contribution in [0.3, 0.4) is 0 Å². The summed E-state index contributed by atoms with van der Waals surface area (Å²) in [5.41, 5.74) is 2.28. The Morgan fingerprint density at radius 3 is 2.82 bits per heavy atom. The summed E-state index contributed by atoms with van der Waals surface area (Å²) in [6, 6.07) is 4.76. The molecule has 1 fully saturated rings. The first-order valence-corrected chi connectivity index (χ1v) is 6.35. The average Bonchev–Trinajstić information content (AvgIpc) is 3.02. The molecular formula is C13H18N4. The first-order valence-electron chi connectivity index (χ1n) is 6.35. The Balaban J connectivity index is 1.74. The second-order valence-electron chi connectivity index (χ2n) is 4.86. The quantitative estimate of drug-likeness (QED) is 0.812. The summed E-state index contributed by atoms with van der Waals surface area (Å²) < 4.78 is 4.13. The van der Waals surface area contributed by atoms with Crippen LogP contribution in [-0.4, -0.2) is 19.6 Å². The smallest absolute Gasteiger partial charge is 0.0852 e. The van der Waals surface area contributed by atoms with Gasteiger partial charge in [0.2, 0.25) is 0 Å². The lowest BCUT2D eigenvalue weighted by molar-refractivity contribution is 0.460. The van der Waals surface area contributed by atoms with Crippen molar-refractivity contribution in [2.24, 2.45) is 0 Å². The summed E-state index contributed by atoms with van der Waals surface area (Å²) >= 11 is 0. The largest absolute Gasteiger partial charge is 0.269 e. The average molecular weight is 230 g/mol. The highest BCUT2D eigenvalue weighted by molar-refractivity contribution is 5.04. The Morgan fingerprint density at radius 2 is 2.12 bits per heavy atom. The van der Waals surface area contributed by atoms with Crippen molar-refractivity contribution in [1.29, 1.82) is 0 Å². The molecule has 0 unspecified atom stereocenters. The fourth-order valence-corrected chi connectivity index (χ4v) is 2.55. The molecule has 1 aliphatic rings. The third-order valence-electron chi connectivity index (χ3n) is 3.60. The number of hydrogen-bond acceptors (Lipinski definition) is 2. The zero-order valence-corrected chi connectivity index (χ0v) is 10.2. The molecule has 0 saturated heterocycles. The lowest BCUT2D eigenvalue weighted by Gasteiger charge is -2.09. The molecule has 0 spiro atoms. The van der Waals surface area contributed by atoms with Crippen LogP contribution in [0.4, 0.5) is 0 Å². The Morgan fingerprint density at radius 1 is 1.29 bits per heavy atom. The van der Waals surface area contributed by atoms with Crippen LogP contribution < -0.4 is 0 Å². The lowest BCUT2D eigenvalue weighted by atomic mass is 10.3. The van der Waals surface area contributed by atoms with E-state index in [9.17, 15) is 0 Å². The molecule has 2 heterocycles. The number of aryl methyl sites for hydroxylation is 1. The predicted molar refractivity (Wildman–Crippen MR) is 65.8 cm³/mol. The van der Waals surface area contributed by atoms with Gasteiger partial charge in [0.05, 0.1) is 18.3 Å². The molecule has 4 heteroatoms. The summed E-state index contributed by atoms with van der Waals surface area (Å²) in [4.78, 5) is 0. The van der Waals surface area contributed by atoms with Crippen molar-refractivity contribution in [2.75, 3.05) is 0 Å². The van der Waals surface area contributed by atoms with Gasteiger partial charge in [-0.05, 0) is 31.9 Å². The van der Waals surface area contributed by atoms with Crippen molar-refractivity contribution in [3.63, 3.8) is 0 Å². The standard InChI is InChI=1S/C13H18N4/c1-11-6-8-14-17(11)10-12-7-9-16(15-12)13-4-2-3-5-13/h6-9,13H,2-5,10H2,1H3. The van der Waals surface area contributed by atoms with Gasteiger partial charge in [0.1, 0.15) is 0 Å². The SMILES string of the molecule is Cc1ccnn1Cc1ccn(C2CCCC2)n1. The Kier molecular flexibility index (Phi) is 2.71. The molecule has 1 aliphatic carbocycles. The second kappa shape index (κ2) is 4.35. The van der Waals surface area contributed by atoms with E-state index in [-0.39, 0.29) is 0 Å². The van der Waals surface area contributed by atoms with Gasteiger partial charge in [-0.3, -0.25) is 9.36 Å². The van der Waals surface area contributed by atoms with Crippen LogP contribution >= 0.6 is 0 Å². The van der Waals surface area contributed by atoms with E-state index in [2.05, 4.69) is 34.1 Å². The van der Waals surface area contributed by atoms with Crippen LogP contribution in [-0.2, 0) is 6.54 Å². The van der Waals surface area contributed by atoms with Gasteiger partial charge < -0.3 is 0 Å². The lowest BCUT2D eigenvalue weighted by Crippen LogP contribution is -2.08. The maximum absolute atomic E-state index is 4.66. The molecule has 17 heavy (non-hydrogen) atoms. The number of nitrogens with zero attached hydrogens (tertiary/aromatic N) is 4. The van der Waals surface area contributed by atoms with Crippen LogP contribution in [0.1, 0.15) is 43.1 Å². The summed E-state index contributed by atoms with van der Waals surface area (Å²) in [5, 5.41) is 8.95. The van der Waals surface area contributed by atoms with Gasteiger partial charge in [-0.2, -0.15) is 10.2 Å². The highest BCUT2D eigenvalue weighted by Crippen LogP contribution is 2.28. The minimum atomic E-state index is 0.627. The molecule has 3 rings (SSSR count). The molecule has 0 N–H and O–H groups in total. The van der Waals surface area contributed by atoms with E-state index in [0.717, 1.165) is 12.2 Å². The Labute approximate surface area is 101 Å². The predicted octanol–water partition coefficient (Wildman–Crippen LogP) is 2.55. The van der Waals surface area contributed by atoms with Gasteiger partial charge in [-0.1, -0.05) is 12.8 Å². The second-order valence-corrected chi connectivity index (χ2v) is 4.86. The van der Waals surface area contributed by atoms with E-state index in [1.807, 2.05) is 16.9 Å². The van der Waals surface area contributed by atoms with Crippen LogP contribution in [0.5, 0.6) is 0 Å². The van der Waals surface area contributed by atoms with Gasteiger partial charge in [-0.15, -0.1) is 0 Å². The molecular weight excluding hydrogens is 212 g/mol. The van der Waals surface area contributed by atoms with Gasteiger partial charge in [0.25, 0.3) is 0 Å². The summed E-state index contributed by atoms with van der Waals surface area (Å²) in [5.74, 6) is 0. The Bertz CT molecular complexity index is 491. The normalized spacial score (nSPS) is 16.8. The third-order valence-corrected chi connectivity index (χ3v) is 3.60. The van der Waals surface area contributed by atoms with Crippen LogP contribution in [0.2, 0.25) is 0 Å². The third kappa shape index (κ3) is 2.12. The van der Waals surface area contributed by atoms with E-state index in [1.165, 1.54) is 31.4 Å². The molecule has 0 radical (unpaired) electrons. The van der Waals surface area contributed by atoms with Crippen LogP contribution in [0.25, 0.3) is 0 Å². The highest BCUT2D eigenvalue weighted by atomic mass is 15.3. The zero-order chi connectivity index (χ0) is 11.7. The molecule has 1 saturated carbocycles. The summed E-state index contributed by atoms with van der Waals surface area (Å²) in [7, 11) is 0. The molecule has 0 aromatic carbocycles. The zero-order valence-electron chi connectivity index (χ0n) is 10.2. The summed E-state index contributed by atoms with van der Waals surface area (Å²) in [6.45, 7) is 2.85. The summed E-state index contributed by atoms with van der Waals surface area (Å²) in [6.07, 6.45) is 9.20. The van der Waals surface area contributed by atoms with Crippen molar-refractivity contribution >= 4 is 0 Å². The minimum absolute atomic E-state index is 0.627. The minimum Gasteiger partial charge on any atom is -0.269 e. The van der Waals surface area contributed by atoms with E-state index >= 15 is 0 Å². The number of rotatable bonds is 3. The van der Waals surface area contributed by atoms with Gasteiger partial charge in [-0.25, -0.2) is 0 Å². The molecule has 4 nitrogen and oxygen atoms in total. The van der Waals surface area contributed by atoms with Gasteiger partial charge in [0, 0.05) is 18.1 Å². The maximum atomic E-state index is 4.66. The fourth-order valence-electron chi connectivity index (χ4n) is 2.55. The van der Waals surface area contributed by atoms with Crippen LogP contribution in [0.15, 0.2) is 24.5 Å². The number of hydrogen-bond donors (Lipinski definition) is 0. The molecule has 0 bridgehead atoms. The molecule has 2 aromatic rings. The van der Waals surface area contributed by atoms with E-state index in [1.54, 1.807) is 0 Å². The first kappa shape index (κ1) is 10.6.